The zero-order chi connectivity index (χ0) is 8.91. The van der Waals surface area contributed by atoms with Crippen molar-refractivity contribution in [2.75, 3.05) is 0 Å². The molecule has 0 heterocycles. The average Bonchev–Trinajstić information content (AvgIpc) is 1.78. The molecule has 0 bridgehead atoms. The average molecular weight is 142 g/mol. The van der Waals surface area contributed by atoms with Gasteiger partial charge in [-0.3, -0.25) is 4.79 Å². The molecule has 1 N–H and O–H groups in total. The van der Waals surface area contributed by atoms with Crippen molar-refractivity contribution in [2.24, 2.45) is 0 Å². The summed E-state index contributed by atoms with van der Waals surface area (Å²) in [6, 6.07) is 0. The largest absolute Gasteiger partial charge is 0.481 e. The summed E-state index contributed by atoms with van der Waals surface area (Å²) < 4.78 is 20.4. The van der Waals surface area contributed by atoms with Crippen LogP contribution in [0, 0.1) is 0 Å². The summed E-state index contributed by atoms with van der Waals surface area (Å²) in [7, 11) is 0. The minimum absolute atomic E-state index is 0. The number of rotatable bonds is 4. The number of carboxylic acids is 1. The van der Waals surface area contributed by atoms with Gasteiger partial charge in [-0.05, 0) is 6.42 Å². The first-order valence-corrected chi connectivity index (χ1v) is 2.63. The van der Waals surface area contributed by atoms with Crippen LogP contribution < -0.4 is 0 Å². The van der Waals surface area contributed by atoms with Crippen LogP contribution in [0.25, 0.3) is 0 Å². The molecule has 0 fully saturated rings. The molecule has 0 atom stereocenters. The Balaban J connectivity index is 0. The Bertz CT molecular complexity index is 135. The smallest absolute Gasteiger partial charge is 0.303 e. The van der Waals surface area contributed by atoms with E-state index in [9.17, 15) is 4.79 Å². The van der Waals surface area contributed by atoms with E-state index >= 15 is 0 Å². The third-order valence-electron chi connectivity index (χ3n) is 0.817. The van der Waals surface area contributed by atoms with Gasteiger partial charge in [-0.25, -0.2) is 0 Å². The molecule has 0 amide bonds. The Kier molecular flexibility index (Phi) is 5.83. The molecule has 0 unspecified atom stereocenters. The normalized spacial score (nSPS) is 14.4. The van der Waals surface area contributed by atoms with Crippen LogP contribution >= 0.6 is 0 Å². The molecule has 0 saturated carbocycles. The molecule has 0 aliphatic carbocycles. The molecule has 0 aromatic rings. The van der Waals surface area contributed by atoms with Crippen LogP contribution in [0.2, 0.25) is 0 Å². The summed E-state index contributed by atoms with van der Waals surface area (Å²) in [5, 5.41) is 8.20. The maximum Gasteiger partial charge on any atom is 0.303 e. The minimum Gasteiger partial charge on any atom is -0.481 e. The van der Waals surface area contributed by atoms with Gasteiger partial charge in [-0.15, -0.1) is 0 Å². The Morgan fingerprint density at radius 3 is 2.78 bits per heavy atom. The van der Waals surface area contributed by atoms with Crippen LogP contribution in [0.3, 0.4) is 0 Å². The standard InChI is InChI=1S/C6H12O2.Na/c1-2-3-4-5-6(7)8;/h2-5H2,1H3,(H,7,8);/i1D3;. The summed E-state index contributed by atoms with van der Waals surface area (Å²) in [4.78, 5) is 9.98. The van der Waals surface area contributed by atoms with Crippen molar-refractivity contribution in [3.8, 4) is 0 Å². The van der Waals surface area contributed by atoms with Gasteiger partial charge in [0.2, 0.25) is 0 Å². The molecule has 0 aliphatic rings. The van der Waals surface area contributed by atoms with Crippen LogP contribution in [-0.4, -0.2) is 40.6 Å². The molecule has 0 aliphatic heterocycles. The molecule has 3 heteroatoms. The van der Waals surface area contributed by atoms with Crippen molar-refractivity contribution in [1.82, 2.24) is 0 Å². The summed E-state index contributed by atoms with van der Waals surface area (Å²) in [6.45, 7) is -1.90. The fourth-order valence-electron chi connectivity index (χ4n) is 0.401. The van der Waals surface area contributed by atoms with Gasteiger partial charge in [0.1, 0.15) is 0 Å². The Morgan fingerprint density at radius 1 is 1.67 bits per heavy atom. The first kappa shape index (κ1) is 6.20. The molecule has 0 spiro atoms. The maximum absolute atomic E-state index is 9.98. The van der Waals surface area contributed by atoms with Crippen LogP contribution in [0.1, 0.15) is 36.6 Å². The number of hydrogen-bond acceptors (Lipinski definition) is 1. The first-order chi connectivity index (χ1) is 4.92. The summed E-state index contributed by atoms with van der Waals surface area (Å²) in [5.74, 6) is -0.865. The third kappa shape index (κ3) is 11.8. The van der Waals surface area contributed by atoms with Gasteiger partial charge in [-0.1, -0.05) is 19.7 Å². The molecule has 49 valence electrons. The van der Waals surface area contributed by atoms with E-state index in [1.165, 1.54) is 0 Å². The van der Waals surface area contributed by atoms with E-state index in [-0.39, 0.29) is 42.4 Å². The van der Waals surface area contributed by atoms with Crippen LogP contribution in [0.4, 0.5) is 0 Å². The van der Waals surface area contributed by atoms with Crippen LogP contribution in [0.15, 0.2) is 0 Å². The molecular weight excluding hydrogens is 127 g/mol. The van der Waals surface area contributed by atoms with Gasteiger partial charge in [0, 0.05) is 40.1 Å². The van der Waals surface area contributed by atoms with E-state index in [1.807, 2.05) is 0 Å². The fourth-order valence-corrected chi connectivity index (χ4v) is 0.401. The van der Waals surface area contributed by atoms with Crippen molar-refractivity contribution in [1.29, 1.82) is 0 Å². The number of carboxylic acid groups (broad SMARTS) is 1. The topological polar surface area (TPSA) is 37.3 Å². The first-order valence-electron chi connectivity index (χ1n) is 4.13. The molecule has 1 radical (unpaired) electrons. The Hall–Kier alpha value is 0.470. The molecule has 0 aromatic carbocycles. The van der Waals surface area contributed by atoms with Crippen LogP contribution in [0.5, 0.6) is 0 Å². The van der Waals surface area contributed by atoms with Gasteiger partial charge < -0.3 is 5.11 Å². The summed E-state index contributed by atoms with van der Waals surface area (Å²) in [5.41, 5.74) is 0. The number of hydrogen-bond donors (Lipinski definition) is 1. The van der Waals surface area contributed by atoms with E-state index in [4.69, 9.17) is 9.22 Å². The predicted molar refractivity (Wildman–Crippen MR) is 37.5 cm³/mol. The predicted octanol–water partition coefficient (Wildman–Crippen LogP) is 1.27. The van der Waals surface area contributed by atoms with Gasteiger partial charge in [0.25, 0.3) is 0 Å². The zero-order valence-electron chi connectivity index (χ0n) is 8.68. The number of carbonyl (C=O) groups is 1. The SMILES string of the molecule is [2H]C([2H])([2H])CCCCC(=O)O.[Na]. The number of aliphatic carboxylic acids is 1. The van der Waals surface area contributed by atoms with Crippen molar-refractivity contribution in [3.63, 3.8) is 0 Å². The minimum atomic E-state index is -1.90. The zero-order valence-corrected chi connectivity index (χ0v) is 7.68. The molecule has 0 rings (SSSR count). The van der Waals surface area contributed by atoms with Crippen molar-refractivity contribution >= 4 is 35.5 Å². The van der Waals surface area contributed by atoms with Gasteiger partial charge in [0.15, 0.2) is 0 Å². The Labute approximate surface area is 82.1 Å². The van der Waals surface area contributed by atoms with E-state index < -0.39 is 12.8 Å². The molecule has 0 saturated heterocycles. The fraction of sp³-hybridized carbons (Fsp3) is 0.833. The van der Waals surface area contributed by atoms with Crippen molar-refractivity contribution < 1.29 is 14.0 Å². The molecule has 0 aromatic heterocycles. The second kappa shape index (κ2) is 8.47. The van der Waals surface area contributed by atoms with E-state index in [0.717, 1.165) is 0 Å². The van der Waals surface area contributed by atoms with E-state index in [1.54, 1.807) is 0 Å². The van der Waals surface area contributed by atoms with E-state index in [0.29, 0.717) is 12.8 Å². The quantitative estimate of drug-likeness (QED) is 0.474. The van der Waals surface area contributed by atoms with Gasteiger partial charge in [0.05, 0.1) is 0 Å². The third-order valence-corrected chi connectivity index (χ3v) is 0.817. The molecule has 9 heavy (non-hydrogen) atoms. The number of unbranched alkanes of at least 4 members (excludes halogenated alkanes) is 1. The second-order valence-electron chi connectivity index (χ2n) is 1.60. The second-order valence-corrected chi connectivity index (χ2v) is 1.60. The van der Waals surface area contributed by atoms with Crippen molar-refractivity contribution in [2.45, 2.75) is 32.5 Å². The summed E-state index contributed by atoms with van der Waals surface area (Å²) >= 11 is 0. The molecule has 2 nitrogen and oxygen atoms in total. The van der Waals surface area contributed by atoms with Gasteiger partial charge in [-0.2, -0.15) is 0 Å². The summed E-state index contributed by atoms with van der Waals surface area (Å²) in [6.07, 6.45) is 1.09. The maximum atomic E-state index is 9.98. The van der Waals surface area contributed by atoms with E-state index in [2.05, 4.69) is 0 Å². The Morgan fingerprint density at radius 2 is 2.33 bits per heavy atom. The van der Waals surface area contributed by atoms with Crippen molar-refractivity contribution in [3.05, 3.63) is 0 Å². The van der Waals surface area contributed by atoms with Gasteiger partial charge >= 0.3 is 5.97 Å². The molecular formula is C6H12NaO2. The monoisotopic (exact) mass is 142 g/mol. The van der Waals surface area contributed by atoms with Crippen LogP contribution in [-0.2, 0) is 4.79 Å².